The average Bonchev–Trinajstić information content (AvgIpc) is 2.42. The summed E-state index contributed by atoms with van der Waals surface area (Å²) in [5.74, 6) is 1.84. The van der Waals surface area contributed by atoms with E-state index >= 15 is 0 Å². The fraction of sp³-hybridized carbons (Fsp3) is 0.647. The van der Waals surface area contributed by atoms with E-state index < -0.39 is 0 Å². The minimum atomic E-state index is 0.227. The molecule has 0 unspecified atom stereocenters. The number of para-hydroxylation sites is 1. The molecule has 0 spiro atoms. The van der Waals surface area contributed by atoms with Gasteiger partial charge in [0.05, 0.1) is 6.10 Å². The molecule has 1 aliphatic rings. The topological polar surface area (TPSA) is 24.5 Å². The van der Waals surface area contributed by atoms with Gasteiger partial charge < -0.3 is 15.0 Å². The summed E-state index contributed by atoms with van der Waals surface area (Å²) in [6.45, 7) is 8.63. The van der Waals surface area contributed by atoms with E-state index in [9.17, 15) is 0 Å². The summed E-state index contributed by atoms with van der Waals surface area (Å²) in [7, 11) is 2.21. The molecule has 112 valence electrons. The summed E-state index contributed by atoms with van der Waals surface area (Å²) in [6.07, 6.45) is 2.85. The van der Waals surface area contributed by atoms with Crippen LogP contribution in [-0.2, 0) is 6.54 Å². The van der Waals surface area contributed by atoms with Crippen molar-refractivity contribution in [2.75, 3.05) is 26.7 Å². The molecule has 1 saturated heterocycles. The van der Waals surface area contributed by atoms with Gasteiger partial charge in [-0.15, -0.1) is 0 Å². The Labute approximate surface area is 123 Å². The van der Waals surface area contributed by atoms with Crippen LogP contribution in [0.25, 0.3) is 0 Å². The molecule has 0 aliphatic carbocycles. The van der Waals surface area contributed by atoms with Crippen molar-refractivity contribution in [2.45, 2.75) is 39.3 Å². The van der Waals surface area contributed by atoms with Crippen molar-refractivity contribution in [1.29, 1.82) is 0 Å². The van der Waals surface area contributed by atoms with Crippen LogP contribution >= 0.6 is 0 Å². The molecule has 0 atom stereocenters. The Bertz CT molecular complexity index is 398. The highest BCUT2D eigenvalue weighted by Crippen LogP contribution is 2.20. The predicted molar refractivity (Wildman–Crippen MR) is 84.1 cm³/mol. The lowest BCUT2D eigenvalue weighted by atomic mass is 9.97. The van der Waals surface area contributed by atoms with Gasteiger partial charge in [0.25, 0.3) is 0 Å². The zero-order valence-electron chi connectivity index (χ0n) is 13.1. The van der Waals surface area contributed by atoms with E-state index in [1.165, 1.54) is 31.5 Å². The smallest absolute Gasteiger partial charge is 0.124 e. The molecule has 1 heterocycles. The first-order valence-electron chi connectivity index (χ1n) is 7.79. The first kappa shape index (κ1) is 15.3. The van der Waals surface area contributed by atoms with Gasteiger partial charge in [-0.1, -0.05) is 18.2 Å². The number of nitrogens with one attached hydrogen (secondary N) is 1. The van der Waals surface area contributed by atoms with Crippen LogP contribution in [0.2, 0.25) is 0 Å². The van der Waals surface area contributed by atoms with Crippen molar-refractivity contribution in [2.24, 2.45) is 5.92 Å². The van der Waals surface area contributed by atoms with Gasteiger partial charge >= 0.3 is 0 Å². The van der Waals surface area contributed by atoms with Crippen molar-refractivity contribution in [3.63, 3.8) is 0 Å². The molecule has 0 bridgehead atoms. The number of hydrogen-bond acceptors (Lipinski definition) is 3. The molecule has 2 rings (SSSR count). The Morgan fingerprint density at radius 3 is 2.65 bits per heavy atom. The molecule has 0 amide bonds. The molecule has 0 aromatic heterocycles. The second kappa shape index (κ2) is 7.65. The van der Waals surface area contributed by atoms with Crippen molar-refractivity contribution >= 4 is 0 Å². The fourth-order valence-electron chi connectivity index (χ4n) is 2.70. The Kier molecular flexibility index (Phi) is 5.86. The monoisotopic (exact) mass is 276 g/mol. The molecule has 0 radical (unpaired) electrons. The van der Waals surface area contributed by atoms with Crippen molar-refractivity contribution in [3.05, 3.63) is 29.8 Å². The second-order valence-electron chi connectivity index (χ2n) is 6.15. The van der Waals surface area contributed by atoms with Gasteiger partial charge in [-0.25, -0.2) is 0 Å². The van der Waals surface area contributed by atoms with Crippen LogP contribution in [0.4, 0.5) is 0 Å². The third-order valence-electron chi connectivity index (χ3n) is 3.92. The van der Waals surface area contributed by atoms with Crippen molar-refractivity contribution < 1.29 is 4.74 Å². The van der Waals surface area contributed by atoms with Crippen LogP contribution in [-0.4, -0.2) is 37.7 Å². The molecule has 1 aliphatic heterocycles. The summed E-state index contributed by atoms with van der Waals surface area (Å²) in [6, 6.07) is 8.34. The third kappa shape index (κ3) is 4.80. The Hall–Kier alpha value is -1.06. The number of ether oxygens (including phenoxy) is 1. The number of rotatable bonds is 6. The standard InChI is InChI=1S/C17H28N2O/c1-14(2)20-17-7-5-4-6-16(17)13-18-12-15-8-10-19(3)11-9-15/h4-7,14-15,18H,8-13H2,1-3H3. The average molecular weight is 276 g/mol. The fourth-order valence-corrected chi connectivity index (χ4v) is 2.70. The zero-order chi connectivity index (χ0) is 14.4. The van der Waals surface area contributed by atoms with Crippen LogP contribution in [0.3, 0.4) is 0 Å². The minimum Gasteiger partial charge on any atom is -0.491 e. The van der Waals surface area contributed by atoms with E-state index in [-0.39, 0.29) is 6.10 Å². The third-order valence-corrected chi connectivity index (χ3v) is 3.92. The van der Waals surface area contributed by atoms with Gasteiger partial charge in [0, 0.05) is 12.1 Å². The highest BCUT2D eigenvalue weighted by atomic mass is 16.5. The largest absolute Gasteiger partial charge is 0.491 e. The molecule has 3 heteroatoms. The molecule has 1 aromatic carbocycles. The first-order valence-corrected chi connectivity index (χ1v) is 7.79. The van der Waals surface area contributed by atoms with Crippen LogP contribution in [0, 0.1) is 5.92 Å². The normalized spacial score (nSPS) is 17.6. The summed E-state index contributed by atoms with van der Waals surface area (Å²) in [5.41, 5.74) is 1.26. The molecule has 0 saturated carbocycles. The van der Waals surface area contributed by atoms with Crippen molar-refractivity contribution in [1.82, 2.24) is 10.2 Å². The van der Waals surface area contributed by atoms with Gasteiger partial charge in [0.15, 0.2) is 0 Å². The first-order chi connectivity index (χ1) is 9.65. The predicted octanol–water partition coefficient (Wildman–Crippen LogP) is 2.91. The van der Waals surface area contributed by atoms with E-state index in [1.54, 1.807) is 0 Å². The Morgan fingerprint density at radius 2 is 1.95 bits per heavy atom. The van der Waals surface area contributed by atoms with Crippen LogP contribution in [0.1, 0.15) is 32.3 Å². The lowest BCUT2D eigenvalue weighted by Crippen LogP contribution is -2.34. The number of piperidine rings is 1. The van der Waals surface area contributed by atoms with Crippen molar-refractivity contribution in [3.8, 4) is 5.75 Å². The van der Waals surface area contributed by atoms with E-state index in [4.69, 9.17) is 4.74 Å². The summed E-state index contributed by atoms with van der Waals surface area (Å²) in [5, 5.41) is 3.60. The zero-order valence-corrected chi connectivity index (χ0v) is 13.1. The Balaban J connectivity index is 1.79. The molecule has 1 fully saturated rings. The van der Waals surface area contributed by atoms with Gasteiger partial charge in [-0.3, -0.25) is 0 Å². The Morgan fingerprint density at radius 1 is 1.25 bits per heavy atom. The molecule has 3 nitrogen and oxygen atoms in total. The molecule has 1 aromatic rings. The van der Waals surface area contributed by atoms with Gasteiger partial charge in [-0.05, 0) is 65.4 Å². The number of likely N-dealkylation sites (tertiary alicyclic amines) is 1. The summed E-state index contributed by atoms with van der Waals surface area (Å²) >= 11 is 0. The summed E-state index contributed by atoms with van der Waals surface area (Å²) in [4.78, 5) is 2.42. The van der Waals surface area contributed by atoms with E-state index in [2.05, 4.69) is 49.3 Å². The highest BCUT2D eigenvalue weighted by molar-refractivity contribution is 5.33. The van der Waals surface area contributed by atoms with Crippen LogP contribution in [0.15, 0.2) is 24.3 Å². The molecule has 1 N–H and O–H groups in total. The summed E-state index contributed by atoms with van der Waals surface area (Å²) < 4.78 is 5.86. The lowest BCUT2D eigenvalue weighted by Gasteiger charge is -2.29. The molecular formula is C17H28N2O. The molecular weight excluding hydrogens is 248 g/mol. The van der Waals surface area contributed by atoms with Crippen LogP contribution in [0.5, 0.6) is 5.75 Å². The maximum Gasteiger partial charge on any atom is 0.124 e. The van der Waals surface area contributed by atoms with E-state index in [1.807, 2.05) is 6.07 Å². The van der Waals surface area contributed by atoms with Crippen LogP contribution < -0.4 is 10.1 Å². The van der Waals surface area contributed by atoms with Gasteiger partial charge in [-0.2, -0.15) is 0 Å². The molecule has 20 heavy (non-hydrogen) atoms. The lowest BCUT2D eigenvalue weighted by molar-refractivity contribution is 0.215. The number of hydrogen-bond donors (Lipinski definition) is 1. The quantitative estimate of drug-likeness (QED) is 0.864. The number of benzene rings is 1. The number of nitrogens with zero attached hydrogens (tertiary/aromatic N) is 1. The van der Waals surface area contributed by atoms with E-state index in [0.29, 0.717) is 0 Å². The highest BCUT2D eigenvalue weighted by Gasteiger charge is 2.16. The van der Waals surface area contributed by atoms with Gasteiger partial charge in [0.2, 0.25) is 0 Å². The second-order valence-corrected chi connectivity index (χ2v) is 6.15. The SMILES string of the molecule is CC(C)Oc1ccccc1CNCC1CCN(C)CC1. The maximum absolute atomic E-state index is 5.86. The van der Waals surface area contributed by atoms with Gasteiger partial charge in [0.1, 0.15) is 5.75 Å². The minimum absolute atomic E-state index is 0.227. The maximum atomic E-state index is 5.86. The van der Waals surface area contributed by atoms with E-state index in [0.717, 1.165) is 24.8 Å².